The fourth-order valence-corrected chi connectivity index (χ4v) is 4.76. The van der Waals surface area contributed by atoms with Gasteiger partial charge in [-0.3, -0.25) is 9.59 Å². The summed E-state index contributed by atoms with van der Waals surface area (Å²) in [6, 6.07) is 21.2. The number of aliphatic hydroxyl groups is 1. The van der Waals surface area contributed by atoms with Gasteiger partial charge in [-0.25, -0.2) is 0 Å². The third-order valence-electron chi connectivity index (χ3n) is 6.92. The molecule has 0 aromatic heterocycles. The van der Waals surface area contributed by atoms with E-state index in [1.54, 1.807) is 43.5 Å². The van der Waals surface area contributed by atoms with Gasteiger partial charge < -0.3 is 24.2 Å². The summed E-state index contributed by atoms with van der Waals surface area (Å²) in [6.07, 6.45) is 1.45. The van der Waals surface area contributed by atoms with Crippen LogP contribution in [0.25, 0.3) is 5.76 Å². The van der Waals surface area contributed by atoms with E-state index >= 15 is 0 Å². The lowest BCUT2D eigenvalue weighted by Gasteiger charge is -2.26. The van der Waals surface area contributed by atoms with Crippen LogP contribution in [-0.2, 0) is 16.0 Å². The van der Waals surface area contributed by atoms with E-state index in [4.69, 9.17) is 14.2 Å². The molecule has 7 nitrogen and oxygen atoms in total. The smallest absolute Gasteiger partial charge is 0.295 e. The summed E-state index contributed by atoms with van der Waals surface area (Å²) < 4.78 is 17.1. The monoisotopic (exact) mass is 543 g/mol. The molecule has 4 rings (SSSR count). The topological polar surface area (TPSA) is 85.3 Å². The summed E-state index contributed by atoms with van der Waals surface area (Å²) in [5.41, 5.74) is 2.15. The average Bonchev–Trinajstić information content (AvgIpc) is 3.21. The lowest BCUT2D eigenvalue weighted by Crippen LogP contribution is -2.31. The molecular formula is C33H37NO6. The third-order valence-corrected chi connectivity index (χ3v) is 6.92. The number of ketones is 1. The van der Waals surface area contributed by atoms with Crippen molar-refractivity contribution in [1.82, 2.24) is 4.90 Å². The third kappa shape index (κ3) is 6.47. The van der Waals surface area contributed by atoms with Gasteiger partial charge >= 0.3 is 0 Å². The van der Waals surface area contributed by atoms with E-state index in [9.17, 15) is 14.7 Å². The second kappa shape index (κ2) is 13.2. The Morgan fingerprint density at radius 1 is 0.950 bits per heavy atom. The predicted octanol–water partition coefficient (Wildman–Crippen LogP) is 6.18. The van der Waals surface area contributed by atoms with Crippen molar-refractivity contribution in [2.45, 2.75) is 39.7 Å². The number of benzene rings is 3. The second-order valence-corrected chi connectivity index (χ2v) is 10.1. The Morgan fingerprint density at radius 3 is 2.33 bits per heavy atom. The Labute approximate surface area is 236 Å². The molecule has 0 spiro atoms. The van der Waals surface area contributed by atoms with Crippen LogP contribution in [0.1, 0.15) is 49.9 Å². The molecule has 0 bridgehead atoms. The molecule has 3 aromatic rings. The molecule has 7 heteroatoms. The molecule has 0 aliphatic carbocycles. The van der Waals surface area contributed by atoms with Crippen LogP contribution in [0.4, 0.5) is 0 Å². The van der Waals surface area contributed by atoms with Gasteiger partial charge in [-0.15, -0.1) is 0 Å². The Hall–Kier alpha value is -4.26. The van der Waals surface area contributed by atoms with Crippen molar-refractivity contribution >= 4 is 17.4 Å². The molecule has 1 unspecified atom stereocenters. The molecule has 1 aliphatic rings. The Bertz CT molecular complexity index is 1350. The average molecular weight is 544 g/mol. The quantitative estimate of drug-likeness (QED) is 0.167. The van der Waals surface area contributed by atoms with Crippen molar-refractivity contribution in [2.75, 3.05) is 26.9 Å². The minimum Gasteiger partial charge on any atom is -0.507 e. The zero-order valence-corrected chi connectivity index (χ0v) is 23.6. The molecule has 3 aromatic carbocycles. The van der Waals surface area contributed by atoms with Crippen LogP contribution in [0.2, 0.25) is 0 Å². The standard InChI is InChI=1S/C33H37NO6/c1-5-39-26-14-11-24(12-15-26)31(35)29-30(25-13-16-27(28(21-25)38-4)40-20-18-22(2)3)34(33(37)32(29)36)19-17-23-9-7-6-8-10-23/h6-16,21-22,30,35H,5,17-20H2,1-4H3. The second-order valence-electron chi connectivity index (χ2n) is 10.1. The van der Waals surface area contributed by atoms with E-state index in [2.05, 4.69) is 13.8 Å². The van der Waals surface area contributed by atoms with Crippen LogP contribution >= 0.6 is 0 Å². The summed E-state index contributed by atoms with van der Waals surface area (Å²) in [6.45, 7) is 7.50. The van der Waals surface area contributed by atoms with E-state index in [-0.39, 0.29) is 11.3 Å². The highest BCUT2D eigenvalue weighted by Gasteiger charge is 2.46. The van der Waals surface area contributed by atoms with E-state index in [1.165, 1.54) is 4.90 Å². The zero-order chi connectivity index (χ0) is 28.6. The molecule has 1 fully saturated rings. The number of hydrogen-bond acceptors (Lipinski definition) is 6. The highest BCUT2D eigenvalue weighted by Crippen LogP contribution is 2.42. The van der Waals surface area contributed by atoms with Gasteiger partial charge in [0.1, 0.15) is 11.5 Å². The van der Waals surface area contributed by atoms with Crippen LogP contribution in [-0.4, -0.2) is 48.6 Å². The maximum absolute atomic E-state index is 13.4. The van der Waals surface area contributed by atoms with Crippen LogP contribution in [0.15, 0.2) is 78.4 Å². The number of rotatable bonds is 12. The maximum atomic E-state index is 13.4. The highest BCUT2D eigenvalue weighted by atomic mass is 16.5. The molecule has 0 radical (unpaired) electrons. The molecule has 1 atom stereocenters. The van der Waals surface area contributed by atoms with E-state index in [0.29, 0.717) is 60.5 Å². The summed E-state index contributed by atoms with van der Waals surface area (Å²) in [5, 5.41) is 11.4. The lowest BCUT2D eigenvalue weighted by atomic mass is 9.94. The first-order valence-corrected chi connectivity index (χ1v) is 13.7. The van der Waals surface area contributed by atoms with Gasteiger partial charge in [-0.05, 0) is 73.2 Å². The Kier molecular flexibility index (Phi) is 9.48. The number of likely N-dealkylation sites (tertiary alicyclic amines) is 1. The number of Topliss-reactive ketones (excluding diaryl/α,β-unsaturated/α-hetero) is 1. The van der Waals surface area contributed by atoms with Crippen LogP contribution in [0.5, 0.6) is 17.2 Å². The fraction of sp³-hybridized carbons (Fsp3) is 0.333. The Balaban J connectivity index is 1.75. The number of aliphatic hydroxyl groups excluding tert-OH is 1. The molecule has 1 saturated heterocycles. The number of hydrogen-bond donors (Lipinski definition) is 1. The van der Waals surface area contributed by atoms with Crippen LogP contribution in [0, 0.1) is 5.92 Å². The van der Waals surface area contributed by atoms with Crippen LogP contribution < -0.4 is 14.2 Å². The number of amides is 1. The first-order chi connectivity index (χ1) is 19.3. The number of nitrogens with zero attached hydrogens (tertiary/aromatic N) is 1. The largest absolute Gasteiger partial charge is 0.507 e. The molecular weight excluding hydrogens is 506 g/mol. The maximum Gasteiger partial charge on any atom is 0.295 e. The van der Waals surface area contributed by atoms with Gasteiger partial charge in [0.25, 0.3) is 11.7 Å². The first-order valence-electron chi connectivity index (χ1n) is 13.7. The molecule has 210 valence electrons. The SMILES string of the molecule is CCOc1ccc(C(O)=C2C(=O)C(=O)N(CCc3ccccc3)C2c2ccc(OCCC(C)C)c(OC)c2)cc1. The molecule has 40 heavy (non-hydrogen) atoms. The Morgan fingerprint density at radius 2 is 1.68 bits per heavy atom. The first kappa shape index (κ1) is 28.7. The van der Waals surface area contributed by atoms with Gasteiger partial charge in [0.15, 0.2) is 11.5 Å². The molecule has 1 N–H and O–H groups in total. The van der Waals surface area contributed by atoms with Crippen molar-refractivity contribution in [2.24, 2.45) is 5.92 Å². The van der Waals surface area contributed by atoms with Gasteiger partial charge in [0.05, 0.1) is 31.9 Å². The summed E-state index contributed by atoms with van der Waals surface area (Å²) >= 11 is 0. The molecule has 1 heterocycles. The van der Waals surface area contributed by atoms with Crippen molar-refractivity contribution in [3.8, 4) is 17.2 Å². The van der Waals surface area contributed by atoms with E-state index in [0.717, 1.165) is 12.0 Å². The zero-order valence-electron chi connectivity index (χ0n) is 23.6. The van der Waals surface area contributed by atoms with E-state index < -0.39 is 17.7 Å². The molecule has 1 aliphatic heterocycles. The summed E-state index contributed by atoms with van der Waals surface area (Å²) in [5.74, 6) is 0.625. The molecule has 0 saturated carbocycles. The minimum atomic E-state index is -0.797. The number of carbonyl (C=O) groups excluding carboxylic acids is 2. The lowest BCUT2D eigenvalue weighted by molar-refractivity contribution is -0.139. The van der Waals surface area contributed by atoms with Crippen molar-refractivity contribution < 1.29 is 28.9 Å². The van der Waals surface area contributed by atoms with Crippen molar-refractivity contribution in [3.05, 3.63) is 95.1 Å². The van der Waals surface area contributed by atoms with Gasteiger partial charge in [0.2, 0.25) is 0 Å². The van der Waals surface area contributed by atoms with E-state index in [1.807, 2.05) is 43.3 Å². The van der Waals surface area contributed by atoms with Crippen molar-refractivity contribution in [1.29, 1.82) is 0 Å². The minimum absolute atomic E-state index is 0.0396. The fourth-order valence-electron chi connectivity index (χ4n) is 4.76. The van der Waals surface area contributed by atoms with Crippen LogP contribution in [0.3, 0.4) is 0 Å². The number of ether oxygens (including phenoxy) is 3. The normalized spacial score (nSPS) is 16.4. The van der Waals surface area contributed by atoms with Gasteiger partial charge in [-0.1, -0.05) is 50.2 Å². The van der Waals surface area contributed by atoms with Gasteiger partial charge in [-0.2, -0.15) is 0 Å². The highest BCUT2D eigenvalue weighted by molar-refractivity contribution is 6.46. The van der Waals surface area contributed by atoms with Crippen molar-refractivity contribution in [3.63, 3.8) is 0 Å². The van der Waals surface area contributed by atoms with Gasteiger partial charge in [0, 0.05) is 12.1 Å². The summed E-state index contributed by atoms with van der Waals surface area (Å²) in [4.78, 5) is 28.3. The number of methoxy groups -OCH3 is 1. The predicted molar refractivity (Wildman–Crippen MR) is 155 cm³/mol. The number of carbonyl (C=O) groups is 2. The summed E-state index contributed by atoms with van der Waals surface area (Å²) in [7, 11) is 1.56. The molecule has 1 amide bonds.